The standard InChI is InChI=1S/C18H24N4O6/c1-2-3-8-19-18(25)20-16(23)12-28-17(24)14-11-13(22(26)27)6-7-15(14)21-9-4-5-10-21/h6-7,11H,2-5,8-10,12H2,1H3,(H2,19,20,23,25). The van der Waals surface area contributed by atoms with Crippen LogP contribution in [0, 0.1) is 10.1 Å². The number of imide groups is 1. The summed E-state index contributed by atoms with van der Waals surface area (Å²) in [4.78, 5) is 48.1. The first-order valence-corrected chi connectivity index (χ1v) is 9.20. The summed E-state index contributed by atoms with van der Waals surface area (Å²) < 4.78 is 4.97. The van der Waals surface area contributed by atoms with Gasteiger partial charge in [-0.3, -0.25) is 20.2 Å². The number of unbranched alkanes of at least 4 members (excludes halogenated alkanes) is 1. The minimum absolute atomic E-state index is 0.0243. The number of anilines is 1. The van der Waals surface area contributed by atoms with Crippen molar-refractivity contribution in [1.82, 2.24) is 10.6 Å². The number of nitrogens with one attached hydrogen (secondary N) is 2. The van der Waals surface area contributed by atoms with Gasteiger partial charge in [0, 0.05) is 31.8 Å². The van der Waals surface area contributed by atoms with E-state index in [0.29, 0.717) is 12.2 Å². The molecular formula is C18H24N4O6. The molecule has 28 heavy (non-hydrogen) atoms. The van der Waals surface area contributed by atoms with Crippen molar-refractivity contribution in [3.63, 3.8) is 0 Å². The minimum Gasteiger partial charge on any atom is -0.452 e. The molecule has 0 bridgehead atoms. The number of hydrogen-bond acceptors (Lipinski definition) is 7. The molecule has 1 saturated heterocycles. The Morgan fingerprint density at radius 2 is 1.96 bits per heavy atom. The van der Waals surface area contributed by atoms with Crippen LogP contribution in [-0.2, 0) is 9.53 Å². The Balaban J connectivity index is 2.00. The van der Waals surface area contributed by atoms with Gasteiger partial charge in [0.2, 0.25) is 0 Å². The molecule has 1 aliphatic rings. The Hall–Kier alpha value is -3.17. The van der Waals surface area contributed by atoms with Crippen LogP contribution < -0.4 is 15.5 Å². The Bertz CT molecular complexity index is 746. The summed E-state index contributed by atoms with van der Waals surface area (Å²) in [5.41, 5.74) is 0.316. The Labute approximate surface area is 162 Å². The monoisotopic (exact) mass is 392 g/mol. The van der Waals surface area contributed by atoms with Crippen molar-refractivity contribution in [2.24, 2.45) is 0 Å². The summed E-state index contributed by atoms with van der Waals surface area (Å²) in [7, 11) is 0. The number of ether oxygens (including phenoxy) is 1. The van der Waals surface area contributed by atoms with Crippen molar-refractivity contribution in [3.8, 4) is 0 Å². The van der Waals surface area contributed by atoms with Crippen LogP contribution in [-0.4, -0.2) is 49.1 Å². The van der Waals surface area contributed by atoms with Crippen molar-refractivity contribution >= 4 is 29.3 Å². The second kappa shape index (κ2) is 10.2. The maximum atomic E-state index is 12.4. The second-order valence-electron chi connectivity index (χ2n) is 6.39. The maximum absolute atomic E-state index is 12.4. The lowest BCUT2D eigenvalue weighted by molar-refractivity contribution is -0.384. The fourth-order valence-corrected chi connectivity index (χ4v) is 2.83. The van der Waals surface area contributed by atoms with Gasteiger partial charge in [0.15, 0.2) is 6.61 Å². The molecule has 1 heterocycles. The smallest absolute Gasteiger partial charge is 0.341 e. The summed E-state index contributed by atoms with van der Waals surface area (Å²) in [6, 6.07) is 3.33. The van der Waals surface area contributed by atoms with E-state index in [4.69, 9.17) is 4.74 Å². The Morgan fingerprint density at radius 1 is 1.25 bits per heavy atom. The molecule has 1 aromatic carbocycles. The number of non-ortho nitro benzene ring substituents is 1. The van der Waals surface area contributed by atoms with Gasteiger partial charge in [0.05, 0.1) is 16.2 Å². The van der Waals surface area contributed by atoms with Crippen molar-refractivity contribution in [2.75, 3.05) is 31.1 Å². The van der Waals surface area contributed by atoms with Crippen LogP contribution in [0.2, 0.25) is 0 Å². The van der Waals surface area contributed by atoms with E-state index in [-0.39, 0.29) is 11.3 Å². The van der Waals surface area contributed by atoms with Gasteiger partial charge in [-0.15, -0.1) is 0 Å². The molecule has 1 aliphatic heterocycles. The predicted molar refractivity (Wildman–Crippen MR) is 101 cm³/mol. The van der Waals surface area contributed by atoms with Crippen LogP contribution in [0.15, 0.2) is 18.2 Å². The zero-order chi connectivity index (χ0) is 20.5. The maximum Gasteiger partial charge on any atom is 0.341 e. The van der Waals surface area contributed by atoms with Gasteiger partial charge in [-0.05, 0) is 25.3 Å². The first-order valence-electron chi connectivity index (χ1n) is 9.20. The molecule has 3 amide bonds. The topological polar surface area (TPSA) is 131 Å². The van der Waals surface area contributed by atoms with E-state index in [0.717, 1.165) is 44.8 Å². The molecule has 0 aliphatic carbocycles. The molecule has 2 N–H and O–H groups in total. The molecule has 152 valence electrons. The van der Waals surface area contributed by atoms with E-state index in [9.17, 15) is 24.5 Å². The summed E-state index contributed by atoms with van der Waals surface area (Å²) in [6.45, 7) is 3.20. The molecule has 0 atom stereocenters. The Morgan fingerprint density at radius 3 is 2.61 bits per heavy atom. The molecule has 0 saturated carbocycles. The summed E-state index contributed by atoms with van der Waals surface area (Å²) in [5, 5.41) is 15.6. The van der Waals surface area contributed by atoms with Gasteiger partial charge < -0.3 is 15.0 Å². The number of nitro groups is 1. The quantitative estimate of drug-likeness (QED) is 0.299. The fraction of sp³-hybridized carbons (Fsp3) is 0.500. The number of esters is 1. The van der Waals surface area contributed by atoms with Crippen LogP contribution in [0.4, 0.5) is 16.2 Å². The number of carbonyl (C=O) groups is 3. The van der Waals surface area contributed by atoms with Crippen LogP contribution in [0.5, 0.6) is 0 Å². The average molecular weight is 392 g/mol. The molecule has 0 aromatic heterocycles. The van der Waals surface area contributed by atoms with E-state index >= 15 is 0 Å². The number of benzene rings is 1. The molecule has 0 radical (unpaired) electrons. The number of nitro benzene ring substituents is 1. The third-order valence-corrected chi connectivity index (χ3v) is 4.26. The number of hydrogen-bond donors (Lipinski definition) is 2. The van der Waals surface area contributed by atoms with Gasteiger partial charge in [0.1, 0.15) is 0 Å². The van der Waals surface area contributed by atoms with E-state index in [2.05, 4.69) is 10.6 Å². The largest absolute Gasteiger partial charge is 0.452 e. The first kappa shape index (κ1) is 21.1. The molecule has 10 heteroatoms. The zero-order valence-electron chi connectivity index (χ0n) is 15.7. The predicted octanol–water partition coefficient (Wildman–Crippen LogP) is 1.98. The van der Waals surface area contributed by atoms with Crippen molar-refractivity contribution in [1.29, 1.82) is 0 Å². The second-order valence-corrected chi connectivity index (χ2v) is 6.39. The molecule has 10 nitrogen and oxygen atoms in total. The third-order valence-electron chi connectivity index (χ3n) is 4.26. The number of carbonyl (C=O) groups excluding carboxylic acids is 3. The van der Waals surface area contributed by atoms with Crippen LogP contribution in [0.1, 0.15) is 43.0 Å². The lowest BCUT2D eigenvalue weighted by Gasteiger charge is -2.20. The lowest BCUT2D eigenvalue weighted by Crippen LogP contribution is -2.41. The van der Waals surface area contributed by atoms with Gasteiger partial charge in [-0.25, -0.2) is 9.59 Å². The summed E-state index contributed by atoms with van der Waals surface area (Å²) in [6.07, 6.45) is 3.60. The molecule has 0 unspecified atom stereocenters. The number of nitrogens with zero attached hydrogens (tertiary/aromatic N) is 2. The van der Waals surface area contributed by atoms with Gasteiger partial charge in [-0.2, -0.15) is 0 Å². The number of rotatable bonds is 8. The van der Waals surface area contributed by atoms with Crippen LogP contribution in [0.25, 0.3) is 0 Å². The summed E-state index contributed by atoms with van der Waals surface area (Å²) >= 11 is 0. The van der Waals surface area contributed by atoms with Gasteiger partial charge in [-0.1, -0.05) is 13.3 Å². The summed E-state index contributed by atoms with van der Waals surface area (Å²) in [5.74, 6) is -1.64. The van der Waals surface area contributed by atoms with Crippen molar-refractivity contribution in [3.05, 3.63) is 33.9 Å². The molecule has 2 rings (SSSR count). The minimum atomic E-state index is -0.854. The molecule has 1 fully saturated rings. The number of urea groups is 1. The molecular weight excluding hydrogens is 368 g/mol. The molecule has 1 aromatic rings. The highest BCUT2D eigenvalue weighted by atomic mass is 16.6. The zero-order valence-corrected chi connectivity index (χ0v) is 15.7. The SMILES string of the molecule is CCCCNC(=O)NC(=O)COC(=O)c1cc([N+](=O)[O-])ccc1N1CCCC1. The third kappa shape index (κ3) is 5.93. The normalized spacial score (nSPS) is 13.1. The molecule has 0 spiro atoms. The van der Waals surface area contributed by atoms with Gasteiger partial charge in [0.25, 0.3) is 11.6 Å². The average Bonchev–Trinajstić information content (AvgIpc) is 3.20. The van der Waals surface area contributed by atoms with E-state index in [1.807, 2.05) is 11.8 Å². The highest BCUT2D eigenvalue weighted by Crippen LogP contribution is 2.28. The van der Waals surface area contributed by atoms with Crippen molar-refractivity contribution < 1.29 is 24.0 Å². The first-order chi connectivity index (χ1) is 13.4. The number of amides is 3. The highest BCUT2D eigenvalue weighted by molar-refractivity contribution is 5.99. The van der Waals surface area contributed by atoms with Crippen molar-refractivity contribution in [2.45, 2.75) is 32.6 Å². The Kier molecular flexibility index (Phi) is 7.73. The van der Waals surface area contributed by atoms with Crippen LogP contribution in [0.3, 0.4) is 0 Å². The van der Waals surface area contributed by atoms with E-state index in [1.54, 1.807) is 0 Å². The van der Waals surface area contributed by atoms with Crippen LogP contribution >= 0.6 is 0 Å². The van der Waals surface area contributed by atoms with Gasteiger partial charge >= 0.3 is 12.0 Å². The van der Waals surface area contributed by atoms with E-state index in [1.165, 1.54) is 12.1 Å². The fourth-order valence-electron chi connectivity index (χ4n) is 2.83. The van der Waals surface area contributed by atoms with E-state index < -0.39 is 29.4 Å². The lowest BCUT2D eigenvalue weighted by atomic mass is 10.1. The highest BCUT2D eigenvalue weighted by Gasteiger charge is 2.24.